The summed E-state index contributed by atoms with van der Waals surface area (Å²) in [7, 11) is 0. The molecule has 0 fully saturated rings. The molecule has 0 saturated carbocycles. The summed E-state index contributed by atoms with van der Waals surface area (Å²) in [5, 5.41) is 0.682. The van der Waals surface area contributed by atoms with E-state index in [9.17, 15) is 9.59 Å². The highest BCUT2D eigenvalue weighted by Gasteiger charge is 2.29. The first-order valence-corrected chi connectivity index (χ1v) is 12.2. The molecule has 1 unspecified atom stereocenters. The second-order valence-electron chi connectivity index (χ2n) is 8.16. The first-order valence-electron chi connectivity index (χ1n) is 11.4. The molecule has 4 rings (SSSR count). The van der Waals surface area contributed by atoms with Crippen molar-refractivity contribution in [1.82, 2.24) is 9.55 Å². The highest BCUT2D eigenvalue weighted by Crippen LogP contribution is 2.35. The maximum Gasteiger partial charge on any atom is 0.329 e. The molecule has 170 valence electrons. The van der Waals surface area contributed by atoms with E-state index in [0.717, 1.165) is 47.2 Å². The molecule has 0 spiro atoms. The predicted molar refractivity (Wildman–Crippen MR) is 127 cm³/mol. The van der Waals surface area contributed by atoms with Crippen LogP contribution >= 0.6 is 11.3 Å². The number of thiophene rings is 1. The van der Waals surface area contributed by atoms with Gasteiger partial charge in [0, 0.05) is 17.0 Å². The lowest BCUT2D eigenvalue weighted by atomic mass is 9.97. The van der Waals surface area contributed by atoms with Gasteiger partial charge in [-0.25, -0.2) is 9.78 Å². The van der Waals surface area contributed by atoms with E-state index in [2.05, 4.69) is 0 Å². The highest BCUT2D eigenvalue weighted by molar-refractivity contribution is 7.18. The van der Waals surface area contributed by atoms with Crippen LogP contribution in [-0.4, -0.2) is 35.3 Å². The average Bonchev–Trinajstić information content (AvgIpc) is 3.17. The fourth-order valence-electron chi connectivity index (χ4n) is 4.39. The number of aromatic nitrogens is 2. The molecule has 1 atom stereocenters. The van der Waals surface area contributed by atoms with Gasteiger partial charge in [0.25, 0.3) is 5.56 Å². The zero-order valence-electron chi connectivity index (χ0n) is 19.0. The molecule has 3 aromatic rings. The minimum Gasteiger partial charge on any atom is -0.462 e. The number of carbonyl (C=O) groups excluding carboxylic acids is 1. The Kier molecular flexibility index (Phi) is 7.06. The molecule has 0 amide bonds. The third-order valence-electron chi connectivity index (χ3n) is 5.94. The monoisotopic (exact) mass is 454 g/mol. The summed E-state index contributed by atoms with van der Waals surface area (Å²) in [6.07, 6.45) is 4.54. The van der Waals surface area contributed by atoms with Crippen molar-refractivity contribution in [3.8, 4) is 11.4 Å². The molecule has 6 nitrogen and oxygen atoms in total. The number of benzene rings is 1. The molecule has 0 saturated heterocycles. The normalized spacial score (nSPS) is 14.3. The van der Waals surface area contributed by atoms with Gasteiger partial charge >= 0.3 is 5.97 Å². The van der Waals surface area contributed by atoms with Crippen molar-refractivity contribution in [1.29, 1.82) is 0 Å². The summed E-state index contributed by atoms with van der Waals surface area (Å²) in [6.45, 7) is 6.87. The number of fused-ring (bicyclic) bond motifs is 3. The van der Waals surface area contributed by atoms with Crippen molar-refractivity contribution in [2.24, 2.45) is 0 Å². The molecule has 1 aliphatic rings. The molecule has 2 heterocycles. The number of hydrogen-bond acceptors (Lipinski definition) is 6. The molecule has 2 aromatic heterocycles. The molecule has 0 N–H and O–H groups in total. The van der Waals surface area contributed by atoms with E-state index in [1.807, 2.05) is 45.0 Å². The number of nitrogens with zero attached hydrogens (tertiary/aromatic N) is 2. The number of esters is 1. The van der Waals surface area contributed by atoms with Crippen LogP contribution in [0.4, 0.5) is 0 Å². The second kappa shape index (κ2) is 9.96. The van der Waals surface area contributed by atoms with Crippen LogP contribution in [-0.2, 0) is 27.1 Å². The van der Waals surface area contributed by atoms with Gasteiger partial charge in [0.15, 0.2) is 0 Å². The average molecular weight is 455 g/mol. The third-order valence-corrected chi connectivity index (χ3v) is 7.13. The lowest BCUT2D eigenvalue weighted by Crippen LogP contribution is -2.33. The SMILES string of the molecule is CCOCCOC(=O)C(CC)n1c(-c2cccc(C)c2)nc2sc3c(c2c1=O)CCCC3. The Hall–Kier alpha value is -2.51. The maximum atomic E-state index is 13.9. The fourth-order valence-corrected chi connectivity index (χ4v) is 5.64. The summed E-state index contributed by atoms with van der Waals surface area (Å²) in [4.78, 5) is 34.0. The van der Waals surface area contributed by atoms with Gasteiger partial charge in [-0.05, 0) is 57.6 Å². The topological polar surface area (TPSA) is 70.4 Å². The Morgan fingerprint density at radius 3 is 2.78 bits per heavy atom. The van der Waals surface area contributed by atoms with Crippen LogP contribution in [0.1, 0.15) is 55.2 Å². The Balaban J connectivity index is 1.88. The van der Waals surface area contributed by atoms with E-state index in [0.29, 0.717) is 30.8 Å². The number of aryl methyl sites for hydroxylation is 3. The van der Waals surface area contributed by atoms with Gasteiger partial charge in [-0.15, -0.1) is 11.3 Å². The van der Waals surface area contributed by atoms with Gasteiger partial charge in [0.05, 0.1) is 12.0 Å². The smallest absolute Gasteiger partial charge is 0.329 e. The van der Waals surface area contributed by atoms with Crippen molar-refractivity contribution in [3.05, 3.63) is 50.6 Å². The first-order chi connectivity index (χ1) is 15.5. The highest BCUT2D eigenvalue weighted by atomic mass is 32.1. The third kappa shape index (κ3) is 4.36. The number of carbonyl (C=O) groups is 1. The molecule has 0 aliphatic heterocycles. The standard InChI is InChI=1S/C25H30N2O4S/c1-4-19(25(29)31-14-13-30-5-2)27-22(17-10-8-9-16(3)15-17)26-23-21(24(27)28)18-11-6-7-12-20(18)32-23/h8-10,15,19H,4-7,11-14H2,1-3H3. The second-order valence-corrected chi connectivity index (χ2v) is 9.24. The van der Waals surface area contributed by atoms with Crippen molar-refractivity contribution in [2.45, 2.75) is 58.9 Å². The summed E-state index contributed by atoms with van der Waals surface area (Å²) in [5.74, 6) is 0.104. The van der Waals surface area contributed by atoms with Gasteiger partial charge in [-0.1, -0.05) is 30.7 Å². The zero-order chi connectivity index (χ0) is 22.7. The van der Waals surface area contributed by atoms with E-state index in [1.54, 1.807) is 15.9 Å². The molecule has 1 aliphatic carbocycles. The Morgan fingerprint density at radius 1 is 1.22 bits per heavy atom. The van der Waals surface area contributed by atoms with E-state index >= 15 is 0 Å². The molecule has 1 aromatic carbocycles. The Bertz CT molecular complexity index is 1180. The van der Waals surface area contributed by atoms with Gasteiger partial charge in [0.1, 0.15) is 23.3 Å². The summed E-state index contributed by atoms with van der Waals surface area (Å²) >= 11 is 1.63. The maximum absolute atomic E-state index is 13.9. The number of hydrogen-bond donors (Lipinski definition) is 0. The Morgan fingerprint density at radius 2 is 2.03 bits per heavy atom. The lowest BCUT2D eigenvalue weighted by molar-refractivity contribution is -0.149. The Labute approximate surface area is 192 Å². The van der Waals surface area contributed by atoms with Crippen LogP contribution in [0, 0.1) is 6.92 Å². The van der Waals surface area contributed by atoms with Gasteiger partial charge in [-0.2, -0.15) is 0 Å². The zero-order valence-corrected chi connectivity index (χ0v) is 19.8. The van der Waals surface area contributed by atoms with Crippen LogP contribution in [0.5, 0.6) is 0 Å². The van der Waals surface area contributed by atoms with Crippen molar-refractivity contribution >= 4 is 27.5 Å². The molecule has 7 heteroatoms. The van der Waals surface area contributed by atoms with Gasteiger partial charge in [-0.3, -0.25) is 9.36 Å². The van der Waals surface area contributed by atoms with Crippen LogP contribution in [0.25, 0.3) is 21.6 Å². The first kappa shape index (κ1) is 22.7. The lowest BCUT2D eigenvalue weighted by Gasteiger charge is -2.21. The largest absolute Gasteiger partial charge is 0.462 e. The number of rotatable bonds is 8. The van der Waals surface area contributed by atoms with Crippen LogP contribution in [0.3, 0.4) is 0 Å². The quantitative estimate of drug-likeness (QED) is 0.360. The van der Waals surface area contributed by atoms with Crippen LogP contribution < -0.4 is 5.56 Å². The summed E-state index contributed by atoms with van der Waals surface area (Å²) in [6, 6.07) is 7.16. The fraction of sp³-hybridized carbons (Fsp3) is 0.480. The minimum absolute atomic E-state index is 0.139. The summed E-state index contributed by atoms with van der Waals surface area (Å²) in [5.41, 5.74) is 2.88. The minimum atomic E-state index is -0.740. The van der Waals surface area contributed by atoms with Gasteiger partial charge < -0.3 is 9.47 Å². The predicted octanol–water partition coefficient (Wildman–Crippen LogP) is 4.84. The molecule has 0 bridgehead atoms. The van der Waals surface area contributed by atoms with Crippen LogP contribution in [0.2, 0.25) is 0 Å². The molecular weight excluding hydrogens is 424 g/mol. The molecular formula is C25H30N2O4S. The van der Waals surface area contributed by atoms with E-state index < -0.39 is 12.0 Å². The van der Waals surface area contributed by atoms with Gasteiger partial charge in [0.2, 0.25) is 0 Å². The van der Waals surface area contributed by atoms with Crippen LogP contribution in [0.15, 0.2) is 29.1 Å². The van der Waals surface area contributed by atoms with E-state index in [-0.39, 0.29) is 12.2 Å². The van der Waals surface area contributed by atoms with E-state index in [4.69, 9.17) is 14.5 Å². The molecule has 32 heavy (non-hydrogen) atoms. The van der Waals surface area contributed by atoms with E-state index in [1.165, 1.54) is 4.88 Å². The summed E-state index contributed by atoms with van der Waals surface area (Å²) < 4.78 is 12.3. The van der Waals surface area contributed by atoms with Crippen molar-refractivity contribution < 1.29 is 14.3 Å². The molecule has 0 radical (unpaired) electrons. The van der Waals surface area contributed by atoms with Crippen molar-refractivity contribution in [2.75, 3.05) is 19.8 Å². The van der Waals surface area contributed by atoms with Crippen molar-refractivity contribution in [3.63, 3.8) is 0 Å². The number of ether oxygens (including phenoxy) is 2.